The van der Waals surface area contributed by atoms with Gasteiger partial charge in [0, 0.05) is 28.2 Å². The number of aromatic nitrogens is 3. The van der Waals surface area contributed by atoms with Crippen molar-refractivity contribution in [1.82, 2.24) is 14.5 Å². The van der Waals surface area contributed by atoms with Crippen LogP contribution in [-0.2, 0) is 16.4 Å². The fraction of sp³-hybridized carbons (Fsp3) is 0.317. The number of benzene rings is 4. The monoisotopic (exact) mass is 595 g/mol. The van der Waals surface area contributed by atoms with Crippen molar-refractivity contribution in [3.63, 3.8) is 0 Å². The Labute approximate surface area is 267 Å². The van der Waals surface area contributed by atoms with Crippen LogP contribution in [0.3, 0.4) is 0 Å². The fourth-order valence-corrected chi connectivity index (χ4v) is 6.31. The summed E-state index contributed by atoms with van der Waals surface area (Å²) in [5, 5.41) is 12.3. The lowest BCUT2D eigenvalue weighted by Gasteiger charge is -2.26. The molecule has 45 heavy (non-hydrogen) atoms. The van der Waals surface area contributed by atoms with Gasteiger partial charge in [0.25, 0.3) is 0 Å². The molecule has 0 aliphatic rings. The number of hydrogen-bond donors (Lipinski definition) is 1. The molecule has 0 atom stereocenters. The van der Waals surface area contributed by atoms with E-state index in [9.17, 15) is 5.11 Å². The molecule has 0 radical (unpaired) electrons. The number of aromatic hydroxyl groups is 1. The van der Waals surface area contributed by atoms with Gasteiger partial charge in [0.15, 0.2) is 0 Å². The minimum atomic E-state index is -0.275. The first-order valence-corrected chi connectivity index (χ1v) is 15.9. The molecule has 0 saturated carbocycles. The molecule has 2 heterocycles. The van der Waals surface area contributed by atoms with Crippen LogP contribution in [0.15, 0.2) is 85.1 Å². The van der Waals surface area contributed by atoms with Crippen LogP contribution in [0.25, 0.3) is 55.6 Å². The van der Waals surface area contributed by atoms with E-state index in [4.69, 9.17) is 9.97 Å². The standard InChI is InChI=1S/C41H45N3O/c1-25-19-27(21-28(20-25)32-24-30(40(5,6)7)22-26-13-12-18-42-36(26)32)31-14-11-15-34-37(31)43-38(44(34)41(8,9)10)33-23-29(39(2,3)4)16-17-35(33)45/h11-24,45H,1-10H3. The quantitative estimate of drug-likeness (QED) is 0.221. The van der Waals surface area contributed by atoms with E-state index in [-0.39, 0.29) is 22.1 Å². The van der Waals surface area contributed by atoms with Crippen LogP contribution in [-0.4, -0.2) is 19.6 Å². The summed E-state index contributed by atoms with van der Waals surface area (Å²) in [6, 6.07) is 27.9. The number of pyridine rings is 1. The van der Waals surface area contributed by atoms with Crippen LogP contribution in [0.2, 0.25) is 0 Å². The Morgan fingerprint density at radius 2 is 1.29 bits per heavy atom. The SMILES string of the molecule is Cc1cc(-c2cc(C(C)(C)C)cc3cccnc23)cc(-c2cccc3c2nc(-c2cc(C(C)(C)C)ccc2O)n3C(C)(C)C)c1. The Kier molecular flexibility index (Phi) is 7.19. The summed E-state index contributed by atoms with van der Waals surface area (Å²) in [5.41, 5.74) is 11.5. The fourth-order valence-electron chi connectivity index (χ4n) is 6.31. The average molecular weight is 596 g/mol. The van der Waals surface area contributed by atoms with Gasteiger partial charge in [-0.15, -0.1) is 0 Å². The predicted octanol–water partition coefficient (Wildman–Crippen LogP) is 10.9. The summed E-state index contributed by atoms with van der Waals surface area (Å²) in [7, 11) is 0. The number of hydrogen-bond acceptors (Lipinski definition) is 3. The van der Waals surface area contributed by atoms with Crippen LogP contribution >= 0.6 is 0 Å². The summed E-state index contributed by atoms with van der Waals surface area (Å²) in [6.45, 7) is 22.1. The number of phenols is 1. The minimum absolute atomic E-state index is 0.00305. The van der Waals surface area contributed by atoms with Gasteiger partial charge >= 0.3 is 0 Å². The second-order valence-electron chi connectivity index (χ2n) is 15.5. The van der Waals surface area contributed by atoms with Crippen LogP contribution in [0, 0.1) is 6.92 Å². The van der Waals surface area contributed by atoms with Gasteiger partial charge in [-0.05, 0) is 109 Å². The van der Waals surface area contributed by atoms with E-state index in [0.717, 1.165) is 61.1 Å². The van der Waals surface area contributed by atoms with Crippen LogP contribution in [0.1, 0.15) is 79.0 Å². The second kappa shape index (κ2) is 10.6. The van der Waals surface area contributed by atoms with Gasteiger partial charge in [-0.3, -0.25) is 4.98 Å². The molecule has 230 valence electrons. The molecule has 4 heteroatoms. The molecule has 0 bridgehead atoms. The van der Waals surface area contributed by atoms with Gasteiger partial charge < -0.3 is 9.67 Å². The first kappa shape index (κ1) is 30.6. The lowest BCUT2D eigenvalue weighted by atomic mass is 9.83. The molecule has 4 aromatic carbocycles. The highest BCUT2D eigenvalue weighted by molar-refractivity contribution is 5.98. The third-order valence-electron chi connectivity index (χ3n) is 8.73. The van der Waals surface area contributed by atoms with Crippen LogP contribution in [0.4, 0.5) is 0 Å². The van der Waals surface area contributed by atoms with Crippen molar-refractivity contribution in [2.45, 2.75) is 85.6 Å². The number of aryl methyl sites for hydroxylation is 1. The van der Waals surface area contributed by atoms with Gasteiger partial charge in [-0.2, -0.15) is 0 Å². The molecule has 0 saturated heterocycles. The first-order valence-electron chi connectivity index (χ1n) is 15.9. The molecule has 0 aliphatic heterocycles. The Balaban J connectivity index is 1.61. The molecular formula is C41H45N3O. The van der Waals surface area contributed by atoms with Gasteiger partial charge in [-0.1, -0.05) is 77.9 Å². The summed E-state index contributed by atoms with van der Waals surface area (Å²) in [5.74, 6) is 1.01. The molecular weight excluding hydrogens is 550 g/mol. The lowest BCUT2D eigenvalue weighted by molar-refractivity contribution is 0.411. The van der Waals surface area contributed by atoms with Crippen LogP contribution in [0.5, 0.6) is 5.75 Å². The highest BCUT2D eigenvalue weighted by Crippen LogP contribution is 2.42. The second-order valence-corrected chi connectivity index (χ2v) is 15.5. The number of nitrogens with zero attached hydrogens (tertiary/aromatic N) is 3. The Hall–Kier alpha value is -4.44. The Morgan fingerprint density at radius 1 is 0.622 bits per heavy atom. The van der Waals surface area contributed by atoms with Gasteiger partial charge in [0.05, 0.1) is 22.1 Å². The largest absolute Gasteiger partial charge is 0.507 e. The molecule has 6 rings (SSSR count). The Bertz CT molecular complexity index is 2080. The zero-order valence-electron chi connectivity index (χ0n) is 28.4. The van der Waals surface area contributed by atoms with E-state index in [1.165, 1.54) is 11.1 Å². The van der Waals surface area contributed by atoms with Crippen LogP contribution < -0.4 is 0 Å². The Morgan fingerprint density at radius 3 is 1.96 bits per heavy atom. The molecule has 6 aromatic rings. The first-order chi connectivity index (χ1) is 21.0. The maximum absolute atomic E-state index is 11.2. The smallest absolute Gasteiger partial charge is 0.145 e. The molecule has 0 fully saturated rings. The number of phenolic OH excluding ortho intramolecular Hbond substituents is 1. The molecule has 0 amide bonds. The molecule has 1 N–H and O–H groups in total. The van der Waals surface area contributed by atoms with Crippen molar-refractivity contribution < 1.29 is 5.11 Å². The number of imidazole rings is 1. The molecule has 0 unspecified atom stereocenters. The van der Waals surface area contributed by atoms with E-state index in [1.54, 1.807) is 6.07 Å². The van der Waals surface area contributed by atoms with E-state index >= 15 is 0 Å². The molecule has 2 aromatic heterocycles. The summed E-state index contributed by atoms with van der Waals surface area (Å²) in [4.78, 5) is 10.2. The van der Waals surface area contributed by atoms with Gasteiger partial charge in [0.2, 0.25) is 0 Å². The molecule has 0 spiro atoms. The van der Waals surface area contributed by atoms with Gasteiger partial charge in [0.1, 0.15) is 11.6 Å². The highest BCUT2D eigenvalue weighted by Gasteiger charge is 2.27. The topological polar surface area (TPSA) is 50.9 Å². The van der Waals surface area contributed by atoms with E-state index in [1.807, 2.05) is 18.3 Å². The number of rotatable bonds is 3. The normalized spacial score (nSPS) is 12.8. The van der Waals surface area contributed by atoms with Gasteiger partial charge in [-0.25, -0.2) is 4.98 Å². The summed E-state index contributed by atoms with van der Waals surface area (Å²) < 4.78 is 2.27. The van der Waals surface area contributed by atoms with E-state index in [0.29, 0.717) is 0 Å². The third-order valence-corrected chi connectivity index (χ3v) is 8.73. The van der Waals surface area contributed by atoms with Crippen molar-refractivity contribution >= 4 is 21.9 Å². The molecule has 4 nitrogen and oxygen atoms in total. The minimum Gasteiger partial charge on any atom is -0.507 e. The summed E-state index contributed by atoms with van der Waals surface area (Å²) in [6.07, 6.45) is 1.88. The zero-order chi connectivity index (χ0) is 32.5. The molecule has 0 aliphatic carbocycles. The van der Waals surface area contributed by atoms with Crippen molar-refractivity contribution in [3.05, 3.63) is 102 Å². The summed E-state index contributed by atoms with van der Waals surface area (Å²) >= 11 is 0. The number of para-hydroxylation sites is 1. The third kappa shape index (κ3) is 5.63. The van der Waals surface area contributed by atoms with Crippen molar-refractivity contribution in [2.24, 2.45) is 0 Å². The van der Waals surface area contributed by atoms with Crippen molar-refractivity contribution in [1.29, 1.82) is 0 Å². The van der Waals surface area contributed by atoms with Crippen molar-refractivity contribution in [3.8, 4) is 39.4 Å². The van der Waals surface area contributed by atoms with E-state index < -0.39 is 0 Å². The maximum Gasteiger partial charge on any atom is 0.145 e. The number of fused-ring (bicyclic) bond motifs is 2. The lowest BCUT2D eigenvalue weighted by Crippen LogP contribution is -2.22. The predicted molar refractivity (Wildman–Crippen MR) is 190 cm³/mol. The maximum atomic E-state index is 11.2. The van der Waals surface area contributed by atoms with Crippen molar-refractivity contribution in [2.75, 3.05) is 0 Å². The van der Waals surface area contributed by atoms with E-state index in [2.05, 4.69) is 134 Å². The zero-order valence-corrected chi connectivity index (χ0v) is 28.4. The highest BCUT2D eigenvalue weighted by atomic mass is 16.3. The average Bonchev–Trinajstić information content (AvgIpc) is 3.36.